The molecule has 124 valence electrons. The minimum absolute atomic E-state index is 0.00912. The van der Waals surface area contributed by atoms with Gasteiger partial charge in [-0.05, 0) is 53.9 Å². The lowest BCUT2D eigenvalue weighted by Gasteiger charge is -2.26. The van der Waals surface area contributed by atoms with Gasteiger partial charge in [0, 0.05) is 5.41 Å². The highest BCUT2D eigenvalue weighted by Gasteiger charge is 2.35. The standard InChI is InChI=1S/C23H26O/c1-23(2,20-6-4-3-5-7-20)21-10-12-22(13-11-21)24-16-19-15-17-8-9-18(19)14-17/h3-13,17-19H,14-16H2,1-2H3. The van der Waals surface area contributed by atoms with Crippen LogP contribution in [-0.4, -0.2) is 6.61 Å². The number of ether oxygens (including phenoxy) is 1. The largest absolute Gasteiger partial charge is 0.493 e. The molecule has 0 N–H and O–H groups in total. The Morgan fingerprint density at radius 2 is 1.58 bits per heavy atom. The Labute approximate surface area is 145 Å². The Kier molecular flexibility index (Phi) is 3.96. The van der Waals surface area contributed by atoms with Crippen LogP contribution in [0.4, 0.5) is 0 Å². The summed E-state index contributed by atoms with van der Waals surface area (Å²) in [7, 11) is 0. The lowest BCUT2D eigenvalue weighted by molar-refractivity contribution is 0.227. The summed E-state index contributed by atoms with van der Waals surface area (Å²) >= 11 is 0. The van der Waals surface area contributed by atoms with Gasteiger partial charge in [0.1, 0.15) is 5.75 Å². The molecule has 0 radical (unpaired) electrons. The molecule has 2 aromatic rings. The highest BCUT2D eigenvalue weighted by Crippen LogP contribution is 2.43. The molecule has 2 bridgehead atoms. The Bertz CT molecular complexity index is 711. The van der Waals surface area contributed by atoms with Gasteiger partial charge in [-0.2, -0.15) is 0 Å². The zero-order valence-electron chi connectivity index (χ0n) is 14.6. The molecule has 3 unspecified atom stereocenters. The first-order valence-electron chi connectivity index (χ1n) is 9.10. The van der Waals surface area contributed by atoms with E-state index in [0.717, 1.165) is 24.2 Å². The average Bonchev–Trinajstić information content (AvgIpc) is 3.24. The van der Waals surface area contributed by atoms with Gasteiger partial charge in [-0.3, -0.25) is 0 Å². The van der Waals surface area contributed by atoms with Crippen LogP contribution in [0.2, 0.25) is 0 Å². The predicted octanol–water partition coefficient (Wildman–Crippen LogP) is 5.60. The van der Waals surface area contributed by atoms with Crippen molar-refractivity contribution in [3.63, 3.8) is 0 Å². The van der Waals surface area contributed by atoms with Gasteiger partial charge in [0.2, 0.25) is 0 Å². The van der Waals surface area contributed by atoms with Crippen LogP contribution in [0.25, 0.3) is 0 Å². The van der Waals surface area contributed by atoms with Crippen LogP contribution in [0.3, 0.4) is 0 Å². The summed E-state index contributed by atoms with van der Waals surface area (Å²) < 4.78 is 6.08. The third kappa shape index (κ3) is 2.88. The highest BCUT2D eigenvalue weighted by atomic mass is 16.5. The van der Waals surface area contributed by atoms with Crippen molar-refractivity contribution in [2.75, 3.05) is 6.61 Å². The van der Waals surface area contributed by atoms with Gasteiger partial charge in [-0.15, -0.1) is 0 Å². The van der Waals surface area contributed by atoms with E-state index < -0.39 is 0 Å². The van der Waals surface area contributed by atoms with E-state index in [-0.39, 0.29) is 5.41 Å². The van der Waals surface area contributed by atoms with Crippen molar-refractivity contribution in [1.29, 1.82) is 0 Å². The molecule has 2 aromatic carbocycles. The zero-order chi connectivity index (χ0) is 16.6. The van der Waals surface area contributed by atoms with Crippen molar-refractivity contribution in [3.05, 3.63) is 77.9 Å². The molecule has 1 nitrogen and oxygen atoms in total. The van der Waals surface area contributed by atoms with Crippen molar-refractivity contribution in [3.8, 4) is 5.75 Å². The van der Waals surface area contributed by atoms with Gasteiger partial charge >= 0.3 is 0 Å². The third-order valence-electron chi connectivity index (χ3n) is 5.95. The second kappa shape index (κ2) is 6.12. The first kappa shape index (κ1) is 15.5. The van der Waals surface area contributed by atoms with Crippen LogP contribution in [0.5, 0.6) is 5.75 Å². The summed E-state index contributed by atoms with van der Waals surface area (Å²) in [5.41, 5.74) is 2.67. The molecule has 2 aliphatic rings. The molecule has 1 heteroatoms. The van der Waals surface area contributed by atoms with E-state index in [9.17, 15) is 0 Å². The first-order valence-corrected chi connectivity index (χ1v) is 9.10. The molecule has 0 heterocycles. The van der Waals surface area contributed by atoms with Crippen molar-refractivity contribution in [2.45, 2.75) is 32.1 Å². The minimum atomic E-state index is 0.00912. The minimum Gasteiger partial charge on any atom is -0.493 e. The molecular formula is C23H26O. The maximum atomic E-state index is 6.08. The number of rotatable bonds is 5. The van der Waals surface area contributed by atoms with Crippen molar-refractivity contribution < 1.29 is 4.74 Å². The van der Waals surface area contributed by atoms with E-state index in [1.54, 1.807) is 0 Å². The molecular weight excluding hydrogens is 292 g/mol. The van der Waals surface area contributed by atoms with Crippen molar-refractivity contribution in [2.24, 2.45) is 17.8 Å². The maximum Gasteiger partial charge on any atom is 0.119 e. The molecule has 0 amide bonds. The maximum absolute atomic E-state index is 6.08. The normalized spacial score (nSPS) is 25.2. The second-order valence-electron chi connectivity index (χ2n) is 7.87. The summed E-state index contributed by atoms with van der Waals surface area (Å²) in [5.74, 6) is 3.28. The average molecular weight is 318 g/mol. The van der Waals surface area contributed by atoms with Gasteiger partial charge in [0.25, 0.3) is 0 Å². The Hall–Kier alpha value is -2.02. The molecule has 24 heavy (non-hydrogen) atoms. The zero-order valence-corrected chi connectivity index (χ0v) is 14.6. The first-order chi connectivity index (χ1) is 11.6. The van der Waals surface area contributed by atoms with E-state index in [1.807, 2.05) is 0 Å². The molecule has 1 saturated carbocycles. The van der Waals surface area contributed by atoms with Crippen LogP contribution in [0, 0.1) is 17.8 Å². The molecule has 0 aromatic heterocycles. The topological polar surface area (TPSA) is 9.23 Å². The van der Waals surface area contributed by atoms with Crippen molar-refractivity contribution in [1.82, 2.24) is 0 Å². The Morgan fingerprint density at radius 3 is 2.21 bits per heavy atom. The summed E-state index contributed by atoms with van der Waals surface area (Å²) in [6, 6.07) is 19.4. The number of fused-ring (bicyclic) bond motifs is 2. The monoisotopic (exact) mass is 318 g/mol. The molecule has 0 aliphatic heterocycles. The van der Waals surface area contributed by atoms with Crippen LogP contribution in [-0.2, 0) is 5.41 Å². The fraction of sp³-hybridized carbons (Fsp3) is 0.391. The van der Waals surface area contributed by atoms with E-state index >= 15 is 0 Å². The summed E-state index contributed by atoms with van der Waals surface area (Å²) in [6.07, 6.45) is 7.44. The number of allylic oxidation sites excluding steroid dienone is 2. The van der Waals surface area contributed by atoms with Gasteiger partial charge < -0.3 is 4.74 Å². The van der Waals surface area contributed by atoms with Gasteiger partial charge in [-0.25, -0.2) is 0 Å². The SMILES string of the molecule is CC(C)(c1ccccc1)c1ccc(OCC2CC3C=CC2C3)cc1. The lowest BCUT2D eigenvalue weighted by atomic mass is 9.78. The number of hydrogen-bond donors (Lipinski definition) is 0. The summed E-state index contributed by atoms with van der Waals surface area (Å²) in [4.78, 5) is 0. The van der Waals surface area contributed by atoms with Gasteiger partial charge in [0.15, 0.2) is 0 Å². The Morgan fingerprint density at radius 1 is 0.875 bits per heavy atom. The van der Waals surface area contributed by atoms with Crippen LogP contribution < -0.4 is 4.74 Å². The molecule has 1 fully saturated rings. The molecule has 3 atom stereocenters. The molecule has 4 rings (SSSR count). The summed E-state index contributed by atoms with van der Waals surface area (Å²) in [6.45, 7) is 5.41. The second-order valence-corrected chi connectivity index (χ2v) is 7.87. The van der Waals surface area contributed by atoms with Gasteiger partial charge in [-0.1, -0.05) is 68.5 Å². The molecule has 2 aliphatic carbocycles. The highest BCUT2D eigenvalue weighted by molar-refractivity contribution is 5.39. The molecule has 0 spiro atoms. The number of hydrogen-bond acceptors (Lipinski definition) is 1. The van der Waals surface area contributed by atoms with Crippen LogP contribution >= 0.6 is 0 Å². The van der Waals surface area contributed by atoms with E-state index in [4.69, 9.17) is 4.74 Å². The third-order valence-corrected chi connectivity index (χ3v) is 5.95. The fourth-order valence-electron chi connectivity index (χ4n) is 4.28. The van der Waals surface area contributed by atoms with Crippen LogP contribution in [0.1, 0.15) is 37.8 Å². The van der Waals surface area contributed by atoms with E-state index in [0.29, 0.717) is 5.92 Å². The number of benzene rings is 2. The lowest BCUT2D eigenvalue weighted by Crippen LogP contribution is -2.19. The van der Waals surface area contributed by atoms with Gasteiger partial charge in [0.05, 0.1) is 6.61 Å². The predicted molar refractivity (Wildman–Crippen MR) is 99.4 cm³/mol. The van der Waals surface area contributed by atoms with E-state index in [2.05, 4.69) is 80.6 Å². The smallest absolute Gasteiger partial charge is 0.119 e. The fourth-order valence-corrected chi connectivity index (χ4v) is 4.28. The van der Waals surface area contributed by atoms with Crippen molar-refractivity contribution >= 4 is 0 Å². The quantitative estimate of drug-likeness (QED) is 0.652. The van der Waals surface area contributed by atoms with Crippen LogP contribution in [0.15, 0.2) is 66.7 Å². The summed E-state index contributed by atoms with van der Waals surface area (Å²) in [5, 5.41) is 0. The Balaban J connectivity index is 1.42. The van der Waals surface area contributed by atoms with E-state index in [1.165, 1.54) is 24.0 Å². The molecule has 0 saturated heterocycles.